The predicted molar refractivity (Wildman–Crippen MR) is 69.4 cm³/mol. The first-order valence-corrected chi connectivity index (χ1v) is 6.66. The Morgan fingerprint density at radius 1 is 1.47 bits per heavy atom. The van der Waals surface area contributed by atoms with Crippen LogP contribution in [-0.2, 0) is 0 Å². The molecule has 5 heteroatoms. The number of nitrogens with zero attached hydrogens (tertiary/aromatic N) is 2. The molecular formula is C14H17N4O+. The molecule has 1 aliphatic heterocycles. The van der Waals surface area contributed by atoms with Gasteiger partial charge in [-0.2, -0.15) is 10.4 Å². The maximum Gasteiger partial charge on any atom is 0.165 e. The number of aromatic amines is 1. The Morgan fingerprint density at radius 3 is 3.00 bits per heavy atom. The van der Waals surface area contributed by atoms with E-state index in [1.165, 1.54) is 10.6 Å². The van der Waals surface area contributed by atoms with Gasteiger partial charge in [0.1, 0.15) is 11.8 Å². The molecule has 1 fully saturated rings. The summed E-state index contributed by atoms with van der Waals surface area (Å²) < 4.78 is 5.35. The number of furan rings is 1. The highest BCUT2D eigenvalue weighted by molar-refractivity contribution is 5.52. The van der Waals surface area contributed by atoms with Gasteiger partial charge in [-0.25, -0.2) is 0 Å². The van der Waals surface area contributed by atoms with Gasteiger partial charge in [-0.3, -0.25) is 5.10 Å². The van der Waals surface area contributed by atoms with Crippen LogP contribution in [0.4, 0.5) is 0 Å². The zero-order valence-corrected chi connectivity index (χ0v) is 10.7. The number of hydrogen-bond acceptors (Lipinski definition) is 3. The Bertz CT molecular complexity index is 559. The summed E-state index contributed by atoms with van der Waals surface area (Å²) in [6.45, 7) is 2.74. The van der Waals surface area contributed by atoms with Gasteiger partial charge in [0, 0.05) is 24.5 Å². The number of nitriles is 1. The van der Waals surface area contributed by atoms with E-state index in [2.05, 4.69) is 22.3 Å². The summed E-state index contributed by atoms with van der Waals surface area (Å²) in [5.41, 5.74) is 2.05. The molecule has 0 amide bonds. The smallest absolute Gasteiger partial charge is 0.165 e. The fourth-order valence-electron chi connectivity index (χ4n) is 2.72. The third kappa shape index (κ3) is 2.54. The molecule has 0 aliphatic carbocycles. The molecule has 2 aromatic heterocycles. The average molecular weight is 257 g/mol. The number of H-pyrrole nitrogens is 1. The Balaban J connectivity index is 1.66. The number of piperidine rings is 1. The van der Waals surface area contributed by atoms with Crippen molar-refractivity contribution in [3.8, 4) is 17.5 Å². The number of likely N-dealkylation sites (tertiary alicyclic amines) is 1. The molecule has 3 heterocycles. The van der Waals surface area contributed by atoms with E-state index < -0.39 is 0 Å². The minimum absolute atomic E-state index is 0.527. The molecule has 0 saturated carbocycles. The Kier molecular flexibility index (Phi) is 3.34. The molecule has 0 atom stereocenters. The van der Waals surface area contributed by atoms with Gasteiger partial charge in [0.15, 0.2) is 12.3 Å². The van der Waals surface area contributed by atoms with Crippen LogP contribution in [0.1, 0.15) is 24.5 Å². The molecule has 0 radical (unpaired) electrons. The fraction of sp³-hybridized carbons (Fsp3) is 0.429. The van der Waals surface area contributed by atoms with Crippen LogP contribution < -0.4 is 4.90 Å². The molecule has 2 N–H and O–H groups in total. The van der Waals surface area contributed by atoms with Crippen molar-refractivity contribution in [3.63, 3.8) is 0 Å². The van der Waals surface area contributed by atoms with Crippen LogP contribution in [0.2, 0.25) is 0 Å². The maximum atomic E-state index is 8.71. The highest BCUT2D eigenvalue weighted by atomic mass is 16.3. The molecule has 0 aromatic carbocycles. The van der Waals surface area contributed by atoms with E-state index in [-0.39, 0.29) is 0 Å². The van der Waals surface area contributed by atoms with Gasteiger partial charge in [-0.1, -0.05) is 0 Å². The number of aromatic nitrogens is 2. The Labute approximate surface area is 111 Å². The summed E-state index contributed by atoms with van der Waals surface area (Å²) in [7, 11) is 0. The van der Waals surface area contributed by atoms with E-state index in [1.807, 2.05) is 12.1 Å². The van der Waals surface area contributed by atoms with Gasteiger partial charge in [-0.15, -0.1) is 0 Å². The number of rotatable bonds is 3. The molecule has 2 aromatic rings. The monoisotopic (exact) mass is 257 g/mol. The first-order valence-electron chi connectivity index (χ1n) is 6.66. The third-order valence-electron chi connectivity index (χ3n) is 3.83. The van der Waals surface area contributed by atoms with Gasteiger partial charge in [0.25, 0.3) is 0 Å². The van der Waals surface area contributed by atoms with Crippen LogP contribution in [0.25, 0.3) is 11.5 Å². The van der Waals surface area contributed by atoms with Crippen LogP contribution in [0.3, 0.4) is 0 Å². The van der Waals surface area contributed by atoms with Crippen molar-refractivity contribution in [2.45, 2.75) is 18.8 Å². The summed E-state index contributed by atoms with van der Waals surface area (Å²) in [5, 5.41) is 16.2. The van der Waals surface area contributed by atoms with Crippen molar-refractivity contribution in [1.82, 2.24) is 10.2 Å². The molecule has 19 heavy (non-hydrogen) atoms. The highest BCUT2D eigenvalue weighted by Gasteiger charge is 2.24. The third-order valence-corrected chi connectivity index (χ3v) is 3.83. The van der Waals surface area contributed by atoms with E-state index in [1.54, 1.807) is 6.26 Å². The van der Waals surface area contributed by atoms with Gasteiger partial charge in [0.05, 0.1) is 19.4 Å². The van der Waals surface area contributed by atoms with Crippen molar-refractivity contribution < 1.29 is 9.32 Å². The molecule has 3 rings (SSSR count). The molecule has 1 aliphatic rings. The van der Waals surface area contributed by atoms with Gasteiger partial charge >= 0.3 is 0 Å². The van der Waals surface area contributed by atoms with Gasteiger partial charge in [-0.05, 0) is 18.2 Å². The summed E-state index contributed by atoms with van der Waals surface area (Å²) in [5.74, 6) is 1.33. The minimum Gasteiger partial charge on any atom is -0.463 e. The van der Waals surface area contributed by atoms with Crippen LogP contribution in [0, 0.1) is 11.3 Å². The number of hydrogen-bond donors (Lipinski definition) is 2. The first-order chi connectivity index (χ1) is 9.36. The van der Waals surface area contributed by atoms with E-state index >= 15 is 0 Å². The van der Waals surface area contributed by atoms with E-state index in [0.717, 1.165) is 37.4 Å². The quantitative estimate of drug-likeness (QED) is 0.804. The molecule has 0 bridgehead atoms. The van der Waals surface area contributed by atoms with Crippen molar-refractivity contribution in [3.05, 3.63) is 30.2 Å². The lowest BCUT2D eigenvalue weighted by Crippen LogP contribution is -3.12. The van der Waals surface area contributed by atoms with Crippen molar-refractivity contribution in [2.24, 2.45) is 0 Å². The normalized spacial score (nSPS) is 23.1. The second-order valence-electron chi connectivity index (χ2n) is 5.04. The lowest BCUT2D eigenvalue weighted by Gasteiger charge is -2.26. The highest BCUT2D eigenvalue weighted by Crippen LogP contribution is 2.26. The van der Waals surface area contributed by atoms with Crippen molar-refractivity contribution in [2.75, 3.05) is 19.6 Å². The maximum absolute atomic E-state index is 8.71. The van der Waals surface area contributed by atoms with E-state index in [9.17, 15) is 0 Å². The van der Waals surface area contributed by atoms with Crippen molar-refractivity contribution >= 4 is 0 Å². The van der Waals surface area contributed by atoms with Crippen molar-refractivity contribution in [1.29, 1.82) is 5.26 Å². The average Bonchev–Trinajstić information content (AvgIpc) is 3.11. The van der Waals surface area contributed by atoms with Gasteiger partial charge < -0.3 is 9.32 Å². The molecule has 98 valence electrons. The van der Waals surface area contributed by atoms with E-state index in [0.29, 0.717) is 12.5 Å². The summed E-state index contributed by atoms with van der Waals surface area (Å²) in [4.78, 5) is 1.39. The molecule has 0 spiro atoms. The lowest BCUT2D eigenvalue weighted by molar-refractivity contribution is -0.898. The second-order valence-corrected chi connectivity index (χ2v) is 5.04. The standard InChI is InChI=1S/C14H16N4O/c15-5-8-18-6-3-11(4-7-18)12-10-13(17-16-12)14-2-1-9-19-14/h1-2,9-11H,3-4,6-8H2,(H,16,17)/p+1. The fourth-order valence-corrected chi connectivity index (χ4v) is 2.72. The van der Waals surface area contributed by atoms with E-state index in [4.69, 9.17) is 9.68 Å². The molecule has 1 saturated heterocycles. The topological polar surface area (TPSA) is 70.1 Å². The predicted octanol–water partition coefficient (Wildman–Crippen LogP) is 0.956. The van der Waals surface area contributed by atoms with Crippen LogP contribution in [-0.4, -0.2) is 29.8 Å². The molecular weight excluding hydrogens is 240 g/mol. The Morgan fingerprint density at radius 2 is 2.32 bits per heavy atom. The largest absolute Gasteiger partial charge is 0.463 e. The zero-order valence-electron chi connectivity index (χ0n) is 10.7. The summed E-state index contributed by atoms with van der Waals surface area (Å²) in [6.07, 6.45) is 3.88. The van der Waals surface area contributed by atoms with Crippen LogP contribution in [0.15, 0.2) is 28.9 Å². The van der Waals surface area contributed by atoms with Crippen LogP contribution >= 0.6 is 0 Å². The minimum atomic E-state index is 0.527. The number of quaternary nitrogens is 1. The Hall–Kier alpha value is -2.06. The molecule has 5 nitrogen and oxygen atoms in total. The first kappa shape index (κ1) is 12.0. The zero-order chi connectivity index (χ0) is 13.1. The van der Waals surface area contributed by atoms with Gasteiger partial charge in [0.2, 0.25) is 0 Å². The summed E-state index contributed by atoms with van der Waals surface area (Å²) >= 11 is 0. The summed E-state index contributed by atoms with van der Waals surface area (Å²) in [6, 6.07) is 8.11. The molecule has 0 unspecified atom stereocenters. The lowest BCUT2D eigenvalue weighted by atomic mass is 9.93. The number of nitrogens with one attached hydrogen (secondary N) is 2. The SMILES string of the molecule is N#CC[NH+]1CCC(c2cc(-c3ccco3)n[nH]2)CC1. The van der Waals surface area contributed by atoms with Crippen LogP contribution in [0.5, 0.6) is 0 Å². The second kappa shape index (κ2) is 5.29.